The smallest absolute Gasteiger partial charge is 0.264 e. The summed E-state index contributed by atoms with van der Waals surface area (Å²) >= 11 is 0. The van der Waals surface area contributed by atoms with Crippen molar-refractivity contribution in [2.75, 3.05) is 0 Å². The van der Waals surface area contributed by atoms with Gasteiger partial charge < -0.3 is 5.32 Å². The number of piperidine rings is 1. The minimum Gasteiger partial charge on any atom is -0.306 e. The van der Waals surface area contributed by atoms with Gasteiger partial charge in [-0.05, 0) is 18.8 Å². The zero-order valence-electron chi connectivity index (χ0n) is 7.32. The van der Waals surface area contributed by atoms with Crippen molar-refractivity contribution >= 4 is 0 Å². The van der Waals surface area contributed by atoms with E-state index in [9.17, 15) is 8.78 Å². The molecule has 0 radical (unpaired) electrons. The molecule has 2 heterocycles. The predicted octanol–water partition coefficient (Wildman–Crippen LogP) is 2.17. The maximum atomic E-state index is 13.1. The van der Waals surface area contributed by atoms with Gasteiger partial charge in [-0.15, -0.1) is 0 Å². The summed E-state index contributed by atoms with van der Waals surface area (Å²) in [6, 6.07) is -0.440. The first-order valence-electron chi connectivity index (χ1n) is 4.75. The second kappa shape index (κ2) is 2.66. The number of fused-ring (bicyclic) bond motifs is 2. The molecule has 2 aliphatic heterocycles. The van der Waals surface area contributed by atoms with Crippen LogP contribution >= 0.6 is 0 Å². The highest BCUT2D eigenvalue weighted by molar-refractivity contribution is 5.01. The van der Waals surface area contributed by atoms with Crippen molar-refractivity contribution in [3.8, 4) is 0 Å². The number of rotatable bonds is 1. The maximum Gasteiger partial charge on any atom is 0.264 e. The lowest BCUT2D eigenvalue weighted by molar-refractivity contribution is -0.0148. The molecule has 0 aromatic rings. The van der Waals surface area contributed by atoms with E-state index in [4.69, 9.17) is 0 Å². The highest BCUT2D eigenvalue weighted by atomic mass is 19.3. The van der Waals surface area contributed by atoms with Gasteiger partial charge in [0.2, 0.25) is 0 Å². The van der Waals surface area contributed by atoms with E-state index in [1.165, 1.54) is 0 Å². The van der Waals surface area contributed by atoms with Gasteiger partial charge in [-0.25, -0.2) is 8.78 Å². The highest BCUT2D eigenvalue weighted by Crippen LogP contribution is 2.41. The van der Waals surface area contributed by atoms with E-state index in [1.807, 2.05) is 0 Å². The summed E-state index contributed by atoms with van der Waals surface area (Å²) in [5.74, 6) is -1.91. The lowest BCUT2D eigenvalue weighted by atomic mass is 9.90. The number of alkyl halides is 2. The van der Waals surface area contributed by atoms with Crippen molar-refractivity contribution in [1.82, 2.24) is 5.32 Å². The molecule has 0 aromatic heterocycles. The zero-order chi connectivity index (χ0) is 8.77. The molecule has 2 bridgehead atoms. The number of hydrogen-bond donors (Lipinski definition) is 1. The fraction of sp³-hybridized carbons (Fsp3) is 1.00. The molecule has 2 saturated heterocycles. The second-order valence-corrected chi connectivity index (χ2v) is 4.13. The number of nitrogens with one attached hydrogen (secondary N) is 1. The topological polar surface area (TPSA) is 12.0 Å². The normalized spacial score (nSPS) is 44.8. The summed E-state index contributed by atoms with van der Waals surface area (Å²) in [6.07, 6.45) is 2.72. The van der Waals surface area contributed by atoms with E-state index in [-0.39, 0.29) is 12.5 Å². The van der Waals surface area contributed by atoms with Crippen LogP contribution in [0.1, 0.15) is 32.6 Å². The summed E-state index contributed by atoms with van der Waals surface area (Å²) in [7, 11) is 0. The fourth-order valence-corrected chi connectivity index (χ4v) is 2.49. The van der Waals surface area contributed by atoms with Crippen LogP contribution in [0.25, 0.3) is 0 Å². The fourth-order valence-electron chi connectivity index (χ4n) is 2.49. The molecule has 1 N–H and O–H groups in total. The van der Waals surface area contributed by atoms with Crippen molar-refractivity contribution in [2.24, 2.45) is 5.92 Å². The summed E-state index contributed by atoms with van der Waals surface area (Å²) in [5.41, 5.74) is 0. The van der Waals surface area contributed by atoms with Gasteiger partial charge in [0, 0.05) is 12.5 Å². The Kier molecular flexibility index (Phi) is 1.86. The van der Waals surface area contributed by atoms with E-state index >= 15 is 0 Å². The van der Waals surface area contributed by atoms with Crippen molar-refractivity contribution < 1.29 is 8.78 Å². The molecule has 1 nitrogen and oxygen atoms in total. The number of halogens is 2. The Hall–Kier alpha value is -0.180. The Morgan fingerprint density at radius 1 is 1.42 bits per heavy atom. The molecule has 2 aliphatic rings. The van der Waals surface area contributed by atoms with Gasteiger partial charge in [-0.2, -0.15) is 0 Å². The Bertz CT molecular complexity index is 181. The largest absolute Gasteiger partial charge is 0.306 e. The van der Waals surface area contributed by atoms with Crippen molar-refractivity contribution in [3.63, 3.8) is 0 Å². The van der Waals surface area contributed by atoms with E-state index in [1.54, 1.807) is 0 Å². The third-order valence-corrected chi connectivity index (χ3v) is 3.23. The third kappa shape index (κ3) is 1.24. The van der Waals surface area contributed by atoms with Crippen LogP contribution in [0.2, 0.25) is 0 Å². The molecule has 0 saturated carbocycles. The first-order valence-corrected chi connectivity index (χ1v) is 4.75. The molecule has 0 spiro atoms. The molecule has 70 valence electrons. The van der Waals surface area contributed by atoms with E-state index in [0.717, 1.165) is 12.8 Å². The quantitative estimate of drug-likeness (QED) is 0.644. The number of hydrogen-bond acceptors (Lipinski definition) is 1. The van der Waals surface area contributed by atoms with E-state index < -0.39 is 12.0 Å². The standard InChI is InChI=1S/C9H15F2N/c1-2-6-3-7-5-9(10,11)8(4-6)12-7/h6-8,12H,2-5H2,1H3/t6-,7+,8-/m0/s1. The lowest BCUT2D eigenvalue weighted by Gasteiger charge is -2.28. The van der Waals surface area contributed by atoms with Gasteiger partial charge in [-0.1, -0.05) is 13.3 Å². The van der Waals surface area contributed by atoms with Crippen LogP contribution in [0.5, 0.6) is 0 Å². The van der Waals surface area contributed by atoms with Gasteiger partial charge in [0.1, 0.15) is 0 Å². The molecule has 2 fully saturated rings. The van der Waals surface area contributed by atoms with Crippen molar-refractivity contribution in [2.45, 2.75) is 50.6 Å². The van der Waals surface area contributed by atoms with Crippen molar-refractivity contribution in [1.29, 1.82) is 0 Å². The van der Waals surface area contributed by atoms with Crippen LogP contribution in [0, 0.1) is 5.92 Å². The molecule has 0 amide bonds. The Morgan fingerprint density at radius 3 is 2.75 bits per heavy atom. The highest BCUT2D eigenvalue weighted by Gasteiger charge is 2.51. The summed E-state index contributed by atoms with van der Waals surface area (Å²) in [4.78, 5) is 0. The lowest BCUT2D eigenvalue weighted by Crippen LogP contribution is -2.42. The molecule has 0 aromatic carbocycles. The SMILES string of the molecule is CC[C@H]1C[C@@H]2CC(F)(F)[C@H](C1)N2. The summed E-state index contributed by atoms with van der Waals surface area (Å²) in [6.45, 7) is 2.09. The molecular weight excluding hydrogens is 160 g/mol. The second-order valence-electron chi connectivity index (χ2n) is 4.13. The zero-order valence-corrected chi connectivity index (χ0v) is 7.32. The van der Waals surface area contributed by atoms with Gasteiger partial charge in [-0.3, -0.25) is 0 Å². The van der Waals surface area contributed by atoms with Gasteiger partial charge in [0.15, 0.2) is 0 Å². The van der Waals surface area contributed by atoms with Crippen LogP contribution in [-0.4, -0.2) is 18.0 Å². The van der Waals surface area contributed by atoms with Gasteiger partial charge in [0.25, 0.3) is 5.92 Å². The molecule has 0 aliphatic carbocycles. The minimum absolute atomic E-state index is 0.0637. The van der Waals surface area contributed by atoms with E-state index in [0.29, 0.717) is 12.3 Å². The van der Waals surface area contributed by atoms with Gasteiger partial charge in [0.05, 0.1) is 6.04 Å². The third-order valence-electron chi connectivity index (χ3n) is 3.23. The maximum absolute atomic E-state index is 13.1. The molecular formula is C9H15F2N. The molecule has 3 atom stereocenters. The molecule has 3 heteroatoms. The van der Waals surface area contributed by atoms with E-state index in [2.05, 4.69) is 12.2 Å². The van der Waals surface area contributed by atoms with Crippen LogP contribution in [0.15, 0.2) is 0 Å². The average Bonchev–Trinajstić information content (AvgIpc) is 2.21. The Morgan fingerprint density at radius 2 is 2.17 bits per heavy atom. The summed E-state index contributed by atoms with van der Waals surface area (Å²) in [5, 5.41) is 2.99. The first-order chi connectivity index (χ1) is 5.62. The monoisotopic (exact) mass is 175 g/mol. The van der Waals surface area contributed by atoms with Crippen LogP contribution in [-0.2, 0) is 0 Å². The minimum atomic E-state index is -2.44. The average molecular weight is 175 g/mol. The molecule has 0 unspecified atom stereocenters. The first kappa shape index (κ1) is 8.42. The van der Waals surface area contributed by atoms with Crippen LogP contribution in [0.3, 0.4) is 0 Å². The van der Waals surface area contributed by atoms with Gasteiger partial charge >= 0.3 is 0 Å². The van der Waals surface area contributed by atoms with Crippen LogP contribution in [0.4, 0.5) is 8.78 Å². The molecule has 2 rings (SSSR count). The van der Waals surface area contributed by atoms with Crippen molar-refractivity contribution in [3.05, 3.63) is 0 Å². The predicted molar refractivity (Wildman–Crippen MR) is 43.3 cm³/mol. The molecule has 12 heavy (non-hydrogen) atoms. The Balaban J connectivity index is 2.08. The summed E-state index contributed by atoms with van der Waals surface area (Å²) < 4.78 is 26.3. The Labute approximate surface area is 71.5 Å². The van der Waals surface area contributed by atoms with Crippen LogP contribution < -0.4 is 5.32 Å².